The van der Waals surface area contributed by atoms with E-state index < -0.39 is 35.3 Å². The van der Waals surface area contributed by atoms with Crippen LogP contribution in [-0.2, 0) is 28.4 Å². The van der Waals surface area contributed by atoms with E-state index in [4.69, 9.17) is 11.6 Å². The maximum absolute atomic E-state index is 12.9. The van der Waals surface area contributed by atoms with Crippen LogP contribution >= 0.6 is 23.4 Å². The van der Waals surface area contributed by atoms with Crippen molar-refractivity contribution >= 4 is 52.8 Å². The van der Waals surface area contributed by atoms with Crippen LogP contribution in [-0.4, -0.2) is 60.8 Å². The molecule has 0 radical (unpaired) electrons. The molecule has 0 aliphatic heterocycles. The molecule has 4 amide bonds. The molecule has 2 aliphatic rings. The lowest BCUT2D eigenvalue weighted by atomic mass is 9.81. The molecule has 66 heavy (non-hydrogen) atoms. The summed E-state index contributed by atoms with van der Waals surface area (Å²) in [7, 11) is 0. The molecule has 4 aromatic carbocycles. The number of nitrogens with one attached hydrogen (secondary N) is 4. The van der Waals surface area contributed by atoms with Crippen LogP contribution in [0.25, 0.3) is 0 Å². The van der Waals surface area contributed by atoms with E-state index in [0.717, 1.165) is 99.4 Å². The molecule has 0 aromatic heterocycles. The molecule has 0 bridgehead atoms. The van der Waals surface area contributed by atoms with E-state index in [1.807, 2.05) is 42.7 Å². The van der Waals surface area contributed by atoms with Gasteiger partial charge in [-0.15, -0.1) is 11.8 Å². The number of halogens is 7. The smallest absolute Gasteiger partial charge is 0.352 e. The van der Waals surface area contributed by atoms with Crippen molar-refractivity contribution in [2.24, 2.45) is 11.8 Å². The van der Waals surface area contributed by atoms with Gasteiger partial charge in [-0.1, -0.05) is 61.5 Å². The molecule has 0 heterocycles. The van der Waals surface area contributed by atoms with Crippen molar-refractivity contribution in [1.82, 2.24) is 21.3 Å². The van der Waals surface area contributed by atoms with Gasteiger partial charge in [-0.05, 0) is 135 Å². The van der Waals surface area contributed by atoms with Crippen molar-refractivity contribution in [3.8, 4) is 0 Å². The van der Waals surface area contributed by atoms with Gasteiger partial charge < -0.3 is 21.3 Å². The number of thioether (sulfide) groups is 1. The minimum Gasteiger partial charge on any atom is -0.352 e. The fourth-order valence-electron chi connectivity index (χ4n) is 8.22. The molecule has 4 atom stereocenters. The fourth-order valence-corrected chi connectivity index (χ4v) is 8.76. The van der Waals surface area contributed by atoms with E-state index >= 15 is 0 Å². The second kappa shape index (κ2) is 24.4. The molecule has 354 valence electrons. The van der Waals surface area contributed by atoms with Gasteiger partial charge in [0.15, 0.2) is 5.78 Å². The molecule has 0 saturated heterocycles. The Hall–Kier alpha value is -5.35. The molecule has 2 fully saturated rings. The third-order valence-electron chi connectivity index (χ3n) is 11.8. The maximum atomic E-state index is 12.9. The molecule has 17 heteroatoms. The molecule has 4 aromatic rings. The lowest BCUT2D eigenvalue weighted by Gasteiger charge is -2.32. The van der Waals surface area contributed by atoms with E-state index in [-0.39, 0.29) is 66.2 Å². The van der Waals surface area contributed by atoms with Crippen LogP contribution in [0.15, 0.2) is 102 Å². The van der Waals surface area contributed by atoms with Gasteiger partial charge in [-0.25, -0.2) is 0 Å². The van der Waals surface area contributed by atoms with Crippen LogP contribution in [0.3, 0.4) is 0 Å². The number of rotatable bonds is 15. The number of hydrogen-bond donors (Lipinski definition) is 4. The van der Waals surface area contributed by atoms with Crippen LogP contribution < -0.4 is 21.3 Å². The highest BCUT2D eigenvalue weighted by molar-refractivity contribution is 7.98. The van der Waals surface area contributed by atoms with E-state index in [0.29, 0.717) is 16.5 Å². The van der Waals surface area contributed by atoms with Crippen molar-refractivity contribution in [2.75, 3.05) is 19.3 Å². The first kappa shape index (κ1) is 51.6. The third-order valence-corrected chi connectivity index (χ3v) is 12.8. The van der Waals surface area contributed by atoms with E-state index in [1.165, 1.54) is 23.8 Å². The summed E-state index contributed by atoms with van der Waals surface area (Å²) in [6.45, 7) is -0.558. The van der Waals surface area contributed by atoms with Crippen molar-refractivity contribution in [1.29, 1.82) is 0 Å². The SMILES string of the molecule is CSc1ccc(C(=O)N[C@@H]2CCCC[C@@H]2CC(=O)CNC(=O)c2cccc(C(F)(F)F)c2)cc1.O=C(CNC(=O)c1cccc(C(F)(F)F)c1)N[C@H]1CCCC[C@H]1CCc1ccc(Cl)cc1. The summed E-state index contributed by atoms with van der Waals surface area (Å²) in [6, 6.07) is 23.1. The largest absolute Gasteiger partial charge is 0.416 e. The summed E-state index contributed by atoms with van der Waals surface area (Å²) in [4.78, 5) is 63.1. The third kappa shape index (κ3) is 16.2. The first-order chi connectivity index (χ1) is 31.4. The van der Waals surface area contributed by atoms with Gasteiger partial charge in [-0.3, -0.25) is 24.0 Å². The Kier molecular flexibility index (Phi) is 19.1. The quantitative estimate of drug-likeness (QED) is 0.0693. The van der Waals surface area contributed by atoms with Crippen molar-refractivity contribution < 1.29 is 50.3 Å². The molecule has 4 N–H and O–H groups in total. The fraction of sp³-hybridized carbons (Fsp3) is 0.408. The summed E-state index contributed by atoms with van der Waals surface area (Å²) < 4.78 is 77.1. The van der Waals surface area contributed by atoms with Gasteiger partial charge in [0, 0.05) is 45.1 Å². The van der Waals surface area contributed by atoms with Crippen LogP contribution in [0.4, 0.5) is 26.3 Å². The lowest BCUT2D eigenvalue weighted by molar-refractivity contribution is -0.138. The summed E-state index contributed by atoms with van der Waals surface area (Å²) in [5, 5.41) is 11.6. The van der Waals surface area contributed by atoms with Gasteiger partial charge in [-0.2, -0.15) is 26.3 Å². The Labute approximate surface area is 389 Å². The van der Waals surface area contributed by atoms with Crippen molar-refractivity contribution in [3.05, 3.63) is 135 Å². The Morgan fingerprint density at radius 3 is 1.67 bits per heavy atom. The lowest BCUT2D eigenvalue weighted by Crippen LogP contribution is -2.46. The van der Waals surface area contributed by atoms with Gasteiger partial charge in [0.1, 0.15) is 0 Å². The molecule has 0 unspecified atom stereocenters. The zero-order chi connectivity index (χ0) is 47.9. The molecule has 0 spiro atoms. The molecule has 2 aliphatic carbocycles. The highest BCUT2D eigenvalue weighted by Crippen LogP contribution is 2.32. The van der Waals surface area contributed by atoms with Crippen LogP contribution in [0.1, 0.15) is 112 Å². The number of aryl methyl sites for hydroxylation is 1. The standard InChI is InChI=1S/C25H27F3N2O3S.C24H26ClF3N2O2/c1-34-21-11-9-16(10-12-21)24(33)30-22-8-3-2-5-17(22)14-20(31)15-29-23(32)18-6-4-7-19(13-18)25(26,27)28;25-20-12-9-16(10-13-20)8-11-17-4-1-2-7-21(17)30-22(31)15-29-23(32)18-5-3-6-19(14-18)24(26,27)28/h4,6-7,9-13,17,22H,2-3,5,8,14-15H2,1H3,(H,29,32)(H,30,33);3,5-6,9-10,12-14,17,21H,1-2,4,7-8,11,15H2,(H,29,32)(H,30,31)/t17-,22-;17-,21-/m10/s1. The van der Waals surface area contributed by atoms with E-state index in [9.17, 15) is 50.3 Å². The first-order valence-corrected chi connectivity index (χ1v) is 23.4. The van der Waals surface area contributed by atoms with Gasteiger partial charge in [0.25, 0.3) is 17.7 Å². The number of carbonyl (C=O) groups is 5. The summed E-state index contributed by atoms with van der Waals surface area (Å²) >= 11 is 7.52. The first-order valence-electron chi connectivity index (χ1n) is 21.8. The van der Waals surface area contributed by atoms with Gasteiger partial charge in [0.2, 0.25) is 5.91 Å². The monoisotopic (exact) mass is 958 g/mol. The number of carbonyl (C=O) groups excluding carboxylic acids is 5. The van der Waals surface area contributed by atoms with E-state index in [2.05, 4.69) is 21.3 Å². The highest BCUT2D eigenvalue weighted by atomic mass is 35.5. The van der Waals surface area contributed by atoms with Crippen LogP contribution in [0.5, 0.6) is 0 Å². The second-order valence-electron chi connectivity index (χ2n) is 16.5. The number of ketones is 1. The number of Topliss-reactive ketones (excluding diaryl/α,β-unsaturated/α-hetero) is 1. The summed E-state index contributed by atoms with van der Waals surface area (Å²) in [6.07, 6.45) is 2.36. The van der Waals surface area contributed by atoms with Crippen molar-refractivity contribution in [3.63, 3.8) is 0 Å². The zero-order valence-electron chi connectivity index (χ0n) is 36.3. The Bertz CT molecular complexity index is 2280. The Morgan fingerprint density at radius 2 is 1.12 bits per heavy atom. The molecule has 6 rings (SSSR count). The normalized spacial score (nSPS) is 18.5. The number of hydrogen-bond acceptors (Lipinski definition) is 6. The minimum absolute atomic E-state index is 0.0222. The summed E-state index contributed by atoms with van der Waals surface area (Å²) in [5.74, 6) is -1.92. The Morgan fingerprint density at radius 1 is 0.606 bits per heavy atom. The number of amides is 4. The number of benzene rings is 4. The molecular weight excluding hydrogens is 906 g/mol. The minimum atomic E-state index is -4.55. The molecule has 9 nitrogen and oxygen atoms in total. The highest BCUT2D eigenvalue weighted by Gasteiger charge is 2.33. The Balaban J connectivity index is 0.000000248. The number of alkyl halides is 6. The predicted molar refractivity (Wildman–Crippen MR) is 242 cm³/mol. The molecular formula is C49H53ClF6N4O5S. The molecule has 2 saturated carbocycles. The topological polar surface area (TPSA) is 133 Å². The average Bonchev–Trinajstić information content (AvgIpc) is 3.30. The van der Waals surface area contributed by atoms with Crippen molar-refractivity contribution in [2.45, 2.75) is 100.0 Å². The van der Waals surface area contributed by atoms with E-state index in [1.54, 1.807) is 23.9 Å². The summed E-state index contributed by atoms with van der Waals surface area (Å²) in [5.41, 5.74) is -0.361. The van der Waals surface area contributed by atoms with Gasteiger partial charge >= 0.3 is 12.4 Å². The maximum Gasteiger partial charge on any atom is 0.416 e. The van der Waals surface area contributed by atoms with Gasteiger partial charge in [0.05, 0.1) is 24.2 Å². The van der Waals surface area contributed by atoms with Crippen LogP contribution in [0.2, 0.25) is 5.02 Å². The predicted octanol–water partition coefficient (Wildman–Crippen LogP) is 10.5. The average molecular weight is 959 g/mol. The second-order valence-corrected chi connectivity index (χ2v) is 17.8. The zero-order valence-corrected chi connectivity index (χ0v) is 37.9. The van der Waals surface area contributed by atoms with Crippen LogP contribution in [0, 0.1) is 11.8 Å².